The predicted molar refractivity (Wildman–Crippen MR) is 92.7 cm³/mol. The highest BCUT2D eigenvalue weighted by atomic mass is 19.1. The van der Waals surface area contributed by atoms with Crippen molar-refractivity contribution in [2.45, 2.75) is 13.5 Å². The van der Waals surface area contributed by atoms with Gasteiger partial charge in [0, 0.05) is 12.6 Å². The maximum Gasteiger partial charge on any atom is 0.254 e. The Bertz CT molecular complexity index is 984. The van der Waals surface area contributed by atoms with E-state index in [4.69, 9.17) is 0 Å². The lowest BCUT2D eigenvalue weighted by molar-refractivity contribution is -0.115. The number of halogens is 2. The Kier molecular flexibility index (Phi) is 4.92. The van der Waals surface area contributed by atoms with Crippen molar-refractivity contribution < 1.29 is 18.4 Å². The monoisotopic (exact) mass is 358 g/mol. The molecule has 1 aromatic heterocycles. The molecule has 2 amide bonds. The van der Waals surface area contributed by atoms with Crippen LogP contribution in [0.1, 0.15) is 17.3 Å². The molecule has 0 unspecified atom stereocenters. The lowest BCUT2D eigenvalue weighted by atomic mass is 10.2. The van der Waals surface area contributed by atoms with E-state index in [0.717, 1.165) is 23.2 Å². The Morgan fingerprint density at radius 1 is 1.15 bits per heavy atom. The van der Waals surface area contributed by atoms with Gasteiger partial charge in [-0.1, -0.05) is 12.1 Å². The number of fused-ring (bicyclic) bond motifs is 1. The van der Waals surface area contributed by atoms with Crippen LogP contribution in [0.3, 0.4) is 0 Å². The van der Waals surface area contributed by atoms with Gasteiger partial charge in [-0.15, -0.1) is 0 Å². The molecule has 6 nitrogen and oxygen atoms in total. The van der Waals surface area contributed by atoms with Crippen molar-refractivity contribution in [3.8, 4) is 0 Å². The number of para-hydroxylation sites is 2. The van der Waals surface area contributed by atoms with Crippen LogP contribution >= 0.6 is 0 Å². The molecule has 0 radical (unpaired) electrons. The summed E-state index contributed by atoms with van der Waals surface area (Å²) in [6, 6.07) is 10.0. The summed E-state index contributed by atoms with van der Waals surface area (Å²) in [6.07, 6.45) is 0. The number of nitrogens with zero attached hydrogens (tertiary/aromatic N) is 2. The molecule has 1 heterocycles. The second kappa shape index (κ2) is 7.30. The molecule has 0 saturated carbocycles. The number of rotatable bonds is 5. The van der Waals surface area contributed by atoms with E-state index in [1.165, 1.54) is 0 Å². The van der Waals surface area contributed by atoms with Crippen LogP contribution in [0.4, 0.5) is 14.7 Å². The Labute approximate surface area is 147 Å². The molecule has 26 heavy (non-hydrogen) atoms. The molecule has 134 valence electrons. The van der Waals surface area contributed by atoms with E-state index < -0.39 is 23.4 Å². The van der Waals surface area contributed by atoms with Crippen LogP contribution in [0.5, 0.6) is 0 Å². The van der Waals surface area contributed by atoms with Crippen LogP contribution in [-0.4, -0.2) is 27.9 Å². The minimum absolute atomic E-state index is 0.333. The number of benzene rings is 2. The standard InChI is InChI=1S/C18H16F2N4O2/c1-2-24-15-6-4-3-5-14(15)22-18(24)23-16(25)10-21-17(26)12-8-7-11(19)9-13(12)20/h3-9H,2,10H2,1H3,(H,21,26)(H,22,23,25). The van der Waals surface area contributed by atoms with Crippen LogP contribution in [0.15, 0.2) is 42.5 Å². The van der Waals surface area contributed by atoms with Gasteiger partial charge in [0.15, 0.2) is 0 Å². The van der Waals surface area contributed by atoms with Crippen molar-refractivity contribution in [3.05, 3.63) is 59.7 Å². The van der Waals surface area contributed by atoms with Gasteiger partial charge in [0.1, 0.15) is 11.6 Å². The van der Waals surface area contributed by atoms with Gasteiger partial charge in [0.05, 0.1) is 23.1 Å². The van der Waals surface area contributed by atoms with Crippen molar-refractivity contribution >= 4 is 28.8 Å². The highest BCUT2D eigenvalue weighted by molar-refractivity contribution is 5.99. The molecular weight excluding hydrogens is 342 g/mol. The largest absolute Gasteiger partial charge is 0.343 e. The minimum atomic E-state index is -0.990. The number of hydrogen-bond donors (Lipinski definition) is 2. The van der Waals surface area contributed by atoms with Gasteiger partial charge in [0.2, 0.25) is 11.9 Å². The van der Waals surface area contributed by atoms with Gasteiger partial charge >= 0.3 is 0 Å². The average molecular weight is 358 g/mol. The fourth-order valence-corrected chi connectivity index (χ4v) is 2.59. The van der Waals surface area contributed by atoms with Crippen LogP contribution in [0.25, 0.3) is 11.0 Å². The fourth-order valence-electron chi connectivity index (χ4n) is 2.59. The van der Waals surface area contributed by atoms with Crippen LogP contribution in [0, 0.1) is 11.6 Å². The van der Waals surface area contributed by atoms with E-state index in [0.29, 0.717) is 18.6 Å². The molecule has 3 aromatic rings. The first kappa shape index (κ1) is 17.5. The third-order valence-corrected chi connectivity index (χ3v) is 3.81. The summed E-state index contributed by atoms with van der Waals surface area (Å²) >= 11 is 0. The maximum absolute atomic E-state index is 13.6. The SMILES string of the molecule is CCn1c(NC(=O)CNC(=O)c2ccc(F)cc2F)nc2ccccc21. The van der Waals surface area contributed by atoms with Crippen molar-refractivity contribution in [1.82, 2.24) is 14.9 Å². The zero-order valence-electron chi connectivity index (χ0n) is 13.9. The topological polar surface area (TPSA) is 76.0 Å². The van der Waals surface area contributed by atoms with Gasteiger partial charge in [-0.05, 0) is 31.2 Å². The summed E-state index contributed by atoms with van der Waals surface area (Å²) in [4.78, 5) is 28.4. The Balaban J connectivity index is 1.67. The van der Waals surface area contributed by atoms with E-state index in [1.54, 1.807) is 0 Å². The zero-order chi connectivity index (χ0) is 18.7. The predicted octanol–water partition coefficient (Wildman–Crippen LogP) is 2.70. The second-order valence-electron chi connectivity index (χ2n) is 5.52. The van der Waals surface area contributed by atoms with Gasteiger partial charge in [-0.3, -0.25) is 14.9 Å². The van der Waals surface area contributed by atoms with Crippen molar-refractivity contribution in [2.24, 2.45) is 0 Å². The van der Waals surface area contributed by atoms with E-state index in [9.17, 15) is 18.4 Å². The lowest BCUT2D eigenvalue weighted by Crippen LogP contribution is -2.33. The molecule has 0 aliphatic rings. The van der Waals surface area contributed by atoms with E-state index >= 15 is 0 Å². The molecule has 3 rings (SSSR count). The maximum atomic E-state index is 13.6. The number of imidazole rings is 1. The average Bonchev–Trinajstić information content (AvgIpc) is 2.96. The molecule has 2 N–H and O–H groups in total. The number of anilines is 1. The number of amides is 2. The summed E-state index contributed by atoms with van der Waals surface area (Å²) in [5.74, 6) is -2.72. The molecule has 0 aliphatic heterocycles. The minimum Gasteiger partial charge on any atom is -0.343 e. The van der Waals surface area contributed by atoms with Gasteiger partial charge in [0.25, 0.3) is 5.91 Å². The highest BCUT2D eigenvalue weighted by Gasteiger charge is 2.15. The number of carbonyl (C=O) groups excluding carboxylic acids is 2. The third-order valence-electron chi connectivity index (χ3n) is 3.81. The Morgan fingerprint density at radius 3 is 2.65 bits per heavy atom. The molecule has 2 aromatic carbocycles. The van der Waals surface area contributed by atoms with E-state index in [-0.39, 0.29) is 12.1 Å². The summed E-state index contributed by atoms with van der Waals surface area (Å²) in [7, 11) is 0. The second-order valence-corrected chi connectivity index (χ2v) is 5.52. The van der Waals surface area contributed by atoms with Gasteiger partial charge in [-0.25, -0.2) is 13.8 Å². The Hall–Kier alpha value is -3.29. The van der Waals surface area contributed by atoms with Gasteiger partial charge < -0.3 is 9.88 Å². The number of aryl methyl sites for hydroxylation is 1. The third kappa shape index (κ3) is 3.53. The van der Waals surface area contributed by atoms with Crippen LogP contribution in [0.2, 0.25) is 0 Å². The summed E-state index contributed by atoms with van der Waals surface area (Å²) in [5, 5.41) is 4.93. The quantitative estimate of drug-likeness (QED) is 0.736. The first-order chi connectivity index (χ1) is 12.5. The first-order valence-corrected chi connectivity index (χ1v) is 7.98. The summed E-state index contributed by atoms with van der Waals surface area (Å²) in [6.45, 7) is 2.15. The van der Waals surface area contributed by atoms with E-state index in [2.05, 4.69) is 15.6 Å². The van der Waals surface area contributed by atoms with Crippen molar-refractivity contribution in [2.75, 3.05) is 11.9 Å². The van der Waals surface area contributed by atoms with Crippen molar-refractivity contribution in [1.29, 1.82) is 0 Å². The molecule has 0 bridgehead atoms. The van der Waals surface area contributed by atoms with Crippen LogP contribution < -0.4 is 10.6 Å². The smallest absolute Gasteiger partial charge is 0.254 e. The Morgan fingerprint density at radius 2 is 1.92 bits per heavy atom. The van der Waals surface area contributed by atoms with E-state index in [1.807, 2.05) is 35.8 Å². The molecule has 0 atom stereocenters. The number of aromatic nitrogens is 2. The molecule has 0 fully saturated rings. The molecular formula is C18H16F2N4O2. The number of nitrogens with one attached hydrogen (secondary N) is 2. The molecule has 0 aliphatic carbocycles. The van der Waals surface area contributed by atoms with Crippen molar-refractivity contribution in [3.63, 3.8) is 0 Å². The summed E-state index contributed by atoms with van der Waals surface area (Å²) in [5.41, 5.74) is 1.28. The lowest BCUT2D eigenvalue weighted by Gasteiger charge is -2.09. The highest BCUT2D eigenvalue weighted by Crippen LogP contribution is 2.19. The summed E-state index contributed by atoms with van der Waals surface area (Å²) < 4.78 is 28.3. The fraction of sp³-hybridized carbons (Fsp3) is 0.167. The molecule has 0 saturated heterocycles. The molecule has 0 spiro atoms. The first-order valence-electron chi connectivity index (χ1n) is 7.98. The van der Waals surface area contributed by atoms with Gasteiger partial charge in [-0.2, -0.15) is 0 Å². The van der Waals surface area contributed by atoms with Crippen LogP contribution in [-0.2, 0) is 11.3 Å². The zero-order valence-corrected chi connectivity index (χ0v) is 13.9. The number of hydrogen-bond acceptors (Lipinski definition) is 3. The molecule has 8 heteroatoms. The number of carbonyl (C=O) groups is 2. The normalized spacial score (nSPS) is 10.7.